The Labute approximate surface area is 202 Å². The molecule has 0 atom stereocenters. The predicted octanol–water partition coefficient (Wildman–Crippen LogP) is 5.99. The minimum Gasteiger partial charge on any atom is -0.497 e. The lowest BCUT2D eigenvalue weighted by Gasteiger charge is -2.46. The maximum absolute atomic E-state index is 5.66. The van der Waals surface area contributed by atoms with Crippen molar-refractivity contribution in [3.8, 4) is 5.75 Å². The summed E-state index contributed by atoms with van der Waals surface area (Å²) in [7, 11) is 1.79. The molecule has 3 aliphatic rings. The van der Waals surface area contributed by atoms with Gasteiger partial charge in [0, 0.05) is 51.6 Å². The molecule has 1 saturated carbocycles. The van der Waals surface area contributed by atoms with Crippen molar-refractivity contribution in [2.24, 2.45) is 16.7 Å². The fourth-order valence-electron chi connectivity index (χ4n) is 6.81. The molecule has 1 aliphatic carbocycles. The van der Waals surface area contributed by atoms with Gasteiger partial charge in [0.1, 0.15) is 5.75 Å². The first kappa shape index (κ1) is 25.6. The van der Waals surface area contributed by atoms with E-state index < -0.39 is 0 Å². The van der Waals surface area contributed by atoms with Gasteiger partial charge in [-0.15, -0.1) is 12.4 Å². The van der Waals surface area contributed by atoms with Crippen LogP contribution in [0.3, 0.4) is 0 Å². The zero-order valence-corrected chi connectivity index (χ0v) is 21.8. The van der Waals surface area contributed by atoms with Gasteiger partial charge in [-0.25, -0.2) is 0 Å². The summed E-state index contributed by atoms with van der Waals surface area (Å²) >= 11 is 0. The molecule has 0 aromatic heterocycles. The molecule has 5 heteroatoms. The molecule has 0 amide bonds. The highest BCUT2D eigenvalue weighted by molar-refractivity contribution is 5.85. The van der Waals surface area contributed by atoms with Crippen LogP contribution in [0.25, 0.3) is 0 Å². The largest absolute Gasteiger partial charge is 0.497 e. The number of benzene rings is 1. The van der Waals surface area contributed by atoms with Crippen LogP contribution in [0.2, 0.25) is 0 Å². The first-order chi connectivity index (χ1) is 14.7. The van der Waals surface area contributed by atoms with Crippen molar-refractivity contribution in [1.82, 2.24) is 4.90 Å². The lowest BCUT2D eigenvalue weighted by Crippen LogP contribution is -2.48. The number of methoxy groups -OCH3 is 1. The molecule has 4 nitrogen and oxygen atoms in total. The molecule has 2 saturated heterocycles. The second kappa shape index (κ2) is 10.5. The summed E-state index contributed by atoms with van der Waals surface area (Å²) in [6, 6.07) is 6.83. The third-order valence-corrected chi connectivity index (χ3v) is 7.80. The van der Waals surface area contributed by atoms with Crippen LogP contribution in [-0.4, -0.2) is 57.9 Å². The topological polar surface area (TPSA) is 24.9 Å². The van der Waals surface area contributed by atoms with Crippen LogP contribution in [-0.2, 0) is 4.74 Å². The number of ether oxygens (including phenoxy) is 2. The van der Waals surface area contributed by atoms with Gasteiger partial charge in [-0.05, 0) is 78.5 Å². The van der Waals surface area contributed by atoms with E-state index in [2.05, 4.69) is 55.7 Å². The smallest absolute Gasteiger partial charge is 0.119 e. The highest BCUT2D eigenvalue weighted by Gasteiger charge is 2.40. The van der Waals surface area contributed by atoms with Crippen LogP contribution in [0.1, 0.15) is 71.3 Å². The Bertz CT molecular complexity index is 721. The Hall–Kier alpha value is -0.970. The number of piperazine rings is 1. The normalized spacial score (nSPS) is 24.7. The van der Waals surface area contributed by atoms with Crippen molar-refractivity contribution >= 4 is 18.1 Å². The molecule has 0 N–H and O–H groups in total. The fraction of sp³-hybridized carbons (Fsp3) is 0.778. The fourth-order valence-corrected chi connectivity index (χ4v) is 6.81. The zero-order chi connectivity index (χ0) is 22.1. The maximum Gasteiger partial charge on any atom is 0.119 e. The molecule has 0 radical (unpaired) electrons. The van der Waals surface area contributed by atoms with Gasteiger partial charge in [-0.2, -0.15) is 0 Å². The summed E-state index contributed by atoms with van der Waals surface area (Å²) in [6.45, 7) is 17.6. The van der Waals surface area contributed by atoms with Crippen LogP contribution in [0, 0.1) is 16.7 Å². The Morgan fingerprint density at radius 2 is 1.59 bits per heavy atom. The predicted molar refractivity (Wildman–Crippen MR) is 137 cm³/mol. The minimum atomic E-state index is 0. The van der Waals surface area contributed by atoms with E-state index in [-0.39, 0.29) is 12.4 Å². The van der Waals surface area contributed by atoms with E-state index in [1.165, 1.54) is 63.0 Å². The molecule has 3 fully saturated rings. The average molecular weight is 465 g/mol. The molecule has 0 spiro atoms. The van der Waals surface area contributed by atoms with E-state index in [0.29, 0.717) is 16.7 Å². The van der Waals surface area contributed by atoms with Gasteiger partial charge in [0.2, 0.25) is 0 Å². The number of hydrogen-bond donors (Lipinski definition) is 0. The summed E-state index contributed by atoms with van der Waals surface area (Å²) in [6.07, 6.45) is 6.30. The van der Waals surface area contributed by atoms with Gasteiger partial charge >= 0.3 is 0 Å². The minimum absolute atomic E-state index is 0. The number of hydrogen-bond acceptors (Lipinski definition) is 4. The Morgan fingerprint density at radius 3 is 2.19 bits per heavy atom. The van der Waals surface area contributed by atoms with Gasteiger partial charge in [0.05, 0.1) is 7.11 Å². The SMILES string of the molecule is COc1ccc(N2CCN(CC3CCOCC3)CC2)c(C2CC(C)(C)CC(C)(C)C2)c1.Cl. The molecule has 0 unspecified atom stereocenters. The quantitative estimate of drug-likeness (QED) is 0.534. The Balaban J connectivity index is 0.00000289. The Morgan fingerprint density at radius 1 is 0.969 bits per heavy atom. The molecule has 4 rings (SSSR count). The Kier molecular flexibility index (Phi) is 8.44. The van der Waals surface area contributed by atoms with Gasteiger partial charge in [0.15, 0.2) is 0 Å². The molecule has 1 aromatic rings. The third-order valence-electron chi connectivity index (χ3n) is 7.80. The highest BCUT2D eigenvalue weighted by Crippen LogP contribution is 2.53. The molecule has 2 heterocycles. The van der Waals surface area contributed by atoms with Gasteiger partial charge in [-0.3, -0.25) is 4.90 Å². The number of anilines is 1. The van der Waals surface area contributed by atoms with E-state index in [1.807, 2.05) is 0 Å². The van der Waals surface area contributed by atoms with Crippen molar-refractivity contribution < 1.29 is 9.47 Å². The average Bonchev–Trinajstić information content (AvgIpc) is 2.72. The van der Waals surface area contributed by atoms with Crippen molar-refractivity contribution in [3.05, 3.63) is 23.8 Å². The third kappa shape index (κ3) is 6.33. The highest BCUT2D eigenvalue weighted by atomic mass is 35.5. The van der Waals surface area contributed by atoms with Crippen LogP contribution < -0.4 is 9.64 Å². The van der Waals surface area contributed by atoms with E-state index >= 15 is 0 Å². The van der Waals surface area contributed by atoms with Crippen LogP contribution >= 0.6 is 12.4 Å². The molecule has 32 heavy (non-hydrogen) atoms. The summed E-state index contributed by atoms with van der Waals surface area (Å²) in [5.74, 6) is 2.42. The standard InChI is InChI=1S/C27H44N2O2.ClH/c1-26(2)17-22(18-27(3,4)20-26)24-16-23(30-5)6-7-25(24)29-12-10-28(11-13-29)19-21-8-14-31-15-9-21;/h6-7,16,21-22H,8-15,17-20H2,1-5H3;1H. The van der Waals surface area contributed by atoms with Crippen molar-refractivity contribution in [3.63, 3.8) is 0 Å². The van der Waals surface area contributed by atoms with Gasteiger partial charge in [-0.1, -0.05) is 27.7 Å². The van der Waals surface area contributed by atoms with Gasteiger partial charge in [0.25, 0.3) is 0 Å². The van der Waals surface area contributed by atoms with Crippen molar-refractivity contribution in [2.45, 2.75) is 65.7 Å². The number of rotatable bonds is 5. The maximum atomic E-state index is 5.66. The monoisotopic (exact) mass is 464 g/mol. The second-order valence-corrected chi connectivity index (χ2v) is 11.9. The van der Waals surface area contributed by atoms with E-state index in [0.717, 1.165) is 38.0 Å². The number of nitrogens with zero attached hydrogens (tertiary/aromatic N) is 2. The molecule has 2 aliphatic heterocycles. The number of halogens is 1. The molecule has 0 bridgehead atoms. The summed E-state index contributed by atoms with van der Waals surface area (Å²) in [5.41, 5.74) is 3.73. The zero-order valence-electron chi connectivity index (χ0n) is 21.0. The summed E-state index contributed by atoms with van der Waals surface area (Å²) in [4.78, 5) is 5.33. The van der Waals surface area contributed by atoms with Gasteiger partial charge < -0.3 is 14.4 Å². The molecular formula is C27H45ClN2O2. The van der Waals surface area contributed by atoms with Crippen molar-refractivity contribution in [2.75, 3.05) is 57.9 Å². The van der Waals surface area contributed by atoms with E-state index in [9.17, 15) is 0 Å². The second-order valence-electron chi connectivity index (χ2n) is 11.9. The molecular weight excluding hydrogens is 420 g/mol. The molecule has 1 aromatic carbocycles. The van der Waals surface area contributed by atoms with E-state index in [4.69, 9.17) is 9.47 Å². The lowest BCUT2D eigenvalue weighted by molar-refractivity contribution is 0.0517. The van der Waals surface area contributed by atoms with E-state index in [1.54, 1.807) is 7.11 Å². The summed E-state index contributed by atoms with van der Waals surface area (Å²) in [5, 5.41) is 0. The first-order valence-electron chi connectivity index (χ1n) is 12.5. The van der Waals surface area contributed by atoms with Crippen molar-refractivity contribution in [1.29, 1.82) is 0 Å². The van der Waals surface area contributed by atoms with Crippen LogP contribution in [0.15, 0.2) is 18.2 Å². The summed E-state index contributed by atoms with van der Waals surface area (Å²) < 4.78 is 11.2. The van der Waals surface area contributed by atoms with Crippen LogP contribution in [0.5, 0.6) is 5.75 Å². The lowest BCUT2D eigenvalue weighted by atomic mass is 9.60. The molecule has 182 valence electrons. The van der Waals surface area contributed by atoms with Crippen LogP contribution in [0.4, 0.5) is 5.69 Å². The first-order valence-corrected chi connectivity index (χ1v) is 12.5.